The van der Waals surface area contributed by atoms with Crippen LogP contribution in [0.5, 0.6) is 0 Å². The van der Waals surface area contributed by atoms with E-state index in [2.05, 4.69) is 15.0 Å². The minimum absolute atomic E-state index is 0.285. The number of H-pyrrole nitrogens is 1. The maximum Gasteiger partial charge on any atom is 0.141 e. The Kier molecular flexibility index (Phi) is 2.63. The quantitative estimate of drug-likeness (QED) is 0.579. The summed E-state index contributed by atoms with van der Waals surface area (Å²) >= 11 is 0. The summed E-state index contributed by atoms with van der Waals surface area (Å²) in [7, 11) is 0. The van der Waals surface area contributed by atoms with Gasteiger partial charge < -0.3 is 4.98 Å². The Hall–Kier alpha value is -3.26. The number of halogens is 1. The Morgan fingerprint density at radius 1 is 1.00 bits per heavy atom. The molecule has 0 fully saturated rings. The third-order valence-electron chi connectivity index (χ3n) is 3.61. The van der Waals surface area contributed by atoms with E-state index < -0.39 is 0 Å². The van der Waals surface area contributed by atoms with Crippen LogP contribution in [0.3, 0.4) is 0 Å². The van der Waals surface area contributed by atoms with Crippen LogP contribution in [0.4, 0.5) is 4.39 Å². The average molecular weight is 288 g/mol. The smallest absolute Gasteiger partial charge is 0.141 e. The summed E-state index contributed by atoms with van der Waals surface area (Å²) in [5, 5.41) is 10.8. The van der Waals surface area contributed by atoms with Gasteiger partial charge in [-0.05, 0) is 29.8 Å². The number of pyridine rings is 2. The van der Waals surface area contributed by atoms with Gasteiger partial charge in [-0.25, -0.2) is 14.4 Å². The number of rotatable bonds is 1. The van der Waals surface area contributed by atoms with Crippen LogP contribution in [0.2, 0.25) is 0 Å². The van der Waals surface area contributed by atoms with E-state index in [0.29, 0.717) is 11.3 Å². The highest BCUT2D eigenvalue weighted by Gasteiger charge is 2.09. The predicted molar refractivity (Wildman–Crippen MR) is 81.5 cm³/mol. The van der Waals surface area contributed by atoms with Crippen LogP contribution in [0, 0.1) is 17.1 Å². The van der Waals surface area contributed by atoms with E-state index in [-0.39, 0.29) is 5.82 Å². The zero-order valence-electron chi connectivity index (χ0n) is 11.3. The molecule has 0 unspecified atom stereocenters. The molecule has 0 atom stereocenters. The molecule has 4 rings (SSSR count). The first kappa shape index (κ1) is 12.5. The first-order valence-corrected chi connectivity index (χ1v) is 6.68. The van der Waals surface area contributed by atoms with E-state index in [1.54, 1.807) is 24.5 Å². The fourth-order valence-electron chi connectivity index (χ4n) is 2.56. The average Bonchev–Trinajstić information content (AvgIpc) is 2.91. The fraction of sp³-hybridized carbons (Fsp3) is 0. The summed E-state index contributed by atoms with van der Waals surface area (Å²) in [6, 6.07) is 12.1. The molecule has 0 amide bonds. The van der Waals surface area contributed by atoms with Crippen LogP contribution >= 0.6 is 0 Å². The van der Waals surface area contributed by atoms with Gasteiger partial charge >= 0.3 is 0 Å². The standard InChI is InChI=1S/C17H9FN4/c18-12-3-1-2-10(4-12)11-5-15-14-6-13(7-19)20-9-16(14)22-17(15)21-8-11/h1-6,8-9H,(H,21,22). The van der Waals surface area contributed by atoms with E-state index in [4.69, 9.17) is 5.26 Å². The van der Waals surface area contributed by atoms with Gasteiger partial charge in [-0.2, -0.15) is 5.26 Å². The molecule has 0 aliphatic rings. The van der Waals surface area contributed by atoms with Crippen molar-refractivity contribution in [1.29, 1.82) is 5.26 Å². The van der Waals surface area contributed by atoms with Crippen molar-refractivity contribution in [3.8, 4) is 17.2 Å². The number of nitriles is 1. The number of benzene rings is 1. The molecule has 5 heteroatoms. The largest absolute Gasteiger partial charge is 0.338 e. The number of nitrogens with zero attached hydrogens (tertiary/aromatic N) is 3. The molecular weight excluding hydrogens is 279 g/mol. The van der Waals surface area contributed by atoms with Gasteiger partial charge in [0, 0.05) is 22.5 Å². The van der Waals surface area contributed by atoms with Crippen LogP contribution < -0.4 is 0 Å². The third-order valence-corrected chi connectivity index (χ3v) is 3.61. The molecule has 1 aromatic carbocycles. The highest BCUT2D eigenvalue weighted by Crippen LogP contribution is 2.28. The lowest BCUT2D eigenvalue weighted by Gasteiger charge is -2.01. The van der Waals surface area contributed by atoms with Crippen molar-refractivity contribution in [1.82, 2.24) is 15.0 Å². The van der Waals surface area contributed by atoms with E-state index in [1.165, 1.54) is 12.1 Å². The lowest BCUT2D eigenvalue weighted by atomic mass is 10.1. The maximum atomic E-state index is 13.4. The molecule has 0 saturated carbocycles. The van der Waals surface area contributed by atoms with Crippen molar-refractivity contribution in [2.24, 2.45) is 0 Å². The molecule has 104 valence electrons. The zero-order valence-corrected chi connectivity index (χ0v) is 11.3. The molecule has 0 aliphatic carbocycles. The minimum Gasteiger partial charge on any atom is -0.338 e. The van der Waals surface area contributed by atoms with Crippen molar-refractivity contribution in [2.45, 2.75) is 0 Å². The number of aromatic amines is 1. The number of aromatic nitrogens is 3. The lowest BCUT2D eigenvalue weighted by Crippen LogP contribution is -1.83. The second-order valence-corrected chi connectivity index (χ2v) is 4.98. The van der Waals surface area contributed by atoms with Crippen molar-refractivity contribution >= 4 is 21.9 Å². The molecule has 4 nitrogen and oxygen atoms in total. The molecule has 0 bridgehead atoms. The van der Waals surface area contributed by atoms with Crippen molar-refractivity contribution in [3.05, 3.63) is 60.3 Å². The van der Waals surface area contributed by atoms with Crippen LogP contribution in [-0.2, 0) is 0 Å². The number of fused-ring (bicyclic) bond motifs is 3. The highest BCUT2D eigenvalue weighted by molar-refractivity contribution is 6.06. The first-order chi connectivity index (χ1) is 10.7. The van der Waals surface area contributed by atoms with Crippen molar-refractivity contribution in [3.63, 3.8) is 0 Å². The summed E-state index contributed by atoms with van der Waals surface area (Å²) in [6.07, 6.45) is 3.32. The third kappa shape index (κ3) is 1.90. The predicted octanol–water partition coefficient (Wildman–Crippen LogP) is 3.79. The molecular formula is C17H9FN4. The van der Waals surface area contributed by atoms with E-state index in [9.17, 15) is 4.39 Å². The Morgan fingerprint density at radius 3 is 2.73 bits per heavy atom. The molecule has 0 spiro atoms. The van der Waals surface area contributed by atoms with E-state index >= 15 is 0 Å². The second-order valence-electron chi connectivity index (χ2n) is 4.98. The van der Waals surface area contributed by atoms with E-state index in [1.807, 2.05) is 18.2 Å². The first-order valence-electron chi connectivity index (χ1n) is 6.68. The number of hydrogen-bond acceptors (Lipinski definition) is 3. The normalized spacial score (nSPS) is 10.9. The molecule has 1 N–H and O–H groups in total. The topological polar surface area (TPSA) is 65.4 Å². The summed E-state index contributed by atoms with van der Waals surface area (Å²) < 4.78 is 13.4. The van der Waals surface area contributed by atoms with Crippen LogP contribution in [0.1, 0.15) is 5.69 Å². The summed E-state index contributed by atoms with van der Waals surface area (Å²) in [6.45, 7) is 0. The van der Waals surface area contributed by atoms with Gasteiger partial charge in [0.15, 0.2) is 0 Å². The van der Waals surface area contributed by atoms with Crippen LogP contribution in [0.15, 0.2) is 48.8 Å². The summed E-state index contributed by atoms with van der Waals surface area (Å²) in [4.78, 5) is 11.6. The zero-order chi connectivity index (χ0) is 15.1. The van der Waals surface area contributed by atoms with Gasteiger partial charge in [-0.3, -0.25) is 0 Å². The minimum atomic E-state index is -0.285. The molecule has 4 aromatic rings. The fourth-order valence-corrected chi connectivity index (χ4v) is 2.56. The van der Waals surface area contributed by atoms with Crippen molar-refractivity contribution < 1.29 is 4.39 Å². The van der Waals surface area contributed by atoms with Gasteiger partial charge in [0.1, 0.15) is 23.2 Å². The van der Waals surface area contributed by atoms with Gasteiger partial charge in [-0.15, -0.1) is 0 Å². The number of nitrogens with one attached hydrogen (secondary N) is 1. The van der Waals surface area contributed by atoms with Gasteiger partial charge in [0.25, 0.3) is 0 Å². The second kappa shape index (κ2) is 4.64. The number of hydrogen-bond donors (Lipinski definition) is 1. The molecule has 0 aliphatic heterocycles. The molecule has 22 heavy (non-hydrogen) atoms. The van der Waals surface area contributed by atoms with E-state index in [0.717, 1.165) is 27.4 Å². The van der Waals surface area contributed by atoms with Crippen molar-refractivity contribution in [2.75, 3.05) is 0 Å². The van der Waals surface area contributed by atoms with Crippen LogP contribution in [-0.4, -0.2) is 15.0 Å². The summed E-state index contributed by atoms with van der Waals surface area (Å²) in [5.74, 6) is -0.285. The Labute approximate surface area is 124 Å². The molecule has 0 saturated heterocycles. The van der Waals surface area contributed by atoms with Crippen LogP contribution in [0.25, 0.3) is 33.1 Å². The Bertz CT molecular complexity index is 1060. The Balaban J connectivity index is 2.00. The van der Waals surface area contributed by atoms with Gasteiger partial charge in [0.2, 0.25) is 0 Å². The SMILES string of the molecule is N#Cc1cc2c(cn1)[nH]c1ncc(-c3cccc(F)c3)cc12. The maximum absolute atomic E-state index is 13.4. The summed E-state index contributed by atoms with van der Waals surface area (Å²) in [5.41, 5.74) is 3.47. The molecule has 3 aromatic heterocycles. The molecule has 0 radical (unpaired) electrons. The highest BCUT2D eigenvalue weighted by atomic mass is 19.1. The molecule has 3 heterocycles. The lowest BCUT2D eigenvalue weighted by molar-refractivity contribution is 0.628. The Morgan fingerprint density at radius 2 is 1.91 bits per heavy atom. The van der Waals surface area contributed by atoms with Gasteiger partial charge in [0.05, 0.1) is 11.7 Å². The monoisotopic (exact) mass is 288 g/mol. The van der Waals surface area contributed by atoms with Gasteiger partial charge in [-0.1, -0.05) is 12.1 Å².